The Morgan fingerprint density at radius 1 is 1.35 bits per heavy atom. The molecule has 6 heteroatoms. The molecule has 5 nitrogen and oxygen atoms in total. The van der Waals surface area contributed by atoms with Gasteiger partial charge in [0.25, 0.3) is 0 Å². The molecular weight excluding hydrogens is 276 g/mol. The van der Waals surface area contributed by atoms with Crippen molar-refractivity contribution in [2.45, 2.75) is 19.9 Å². The lowest BCUT2D eigenvalue weighted by Crippen LogP contribution is -2.34. The zero-order chi connectivity index (χ0) is 15.1. The van der Waals surface area contributed by atoms with Gasteiger partial charge in [0.2, 0.25) is 5.91 Å². The highest BCUT2D eigenvalue weighted by Crippen LogP contribution is 2.14. The van der Waals surface area contributed by atoms with Crippen molar-refractivity contribution in [2.24, 2.45) is 5.73 Å². The second kappa shape index (κ2) is 7.91. The zero-order valence-electron chi connectivity index (χ0n) is 11.9. The van der Waals surface area contributed by atoms with E-state index >= 15 is 0 Å². The number of nitrogens with two attached hydrogens (primary N) is 1. The molecule has 0 bridgehead atoms. The van der Waals surface area contributed by atoms with Crippen molar-refractivity contribution >= 4 is 29.3 Å². The number of thioether (sulfide) groups is 1. The monoisotopic (exact) mass is 296 g/mol. The Kier molecular flexibility index (Phi) is 6.54. The topological polar surface area (TPSA) is 81.4 Å². The molecule has 0 aliphatic rings. The number of aryl methyl sites for hydroxylation is 2. The summed E-state index contributed by atoms with van der Waals surface area (Å²) in [6, 6.07) is 5.06. The maximum Gasteiger partial charge on any atom is 0.323 e. The van der Waals surface area contributed by atoms with Crippen LogP contribution in [0.15, 0.2) is 18.2 Å². The second-order valence-corrected chi connectivity index (χ2v) is 5.52. The number of hydrogen-bond donors (Lipinski definition) is 2. The van der Waals surface area contributed by atoms with Gasteiger partial charge in [0.15, 0.2) is 0 Å². The summed E-state index contributed by atoms with van der Waals surface area (Å²) in [5, 5.41) is 2.81. The fourth-order valence-electron chi connectivity index (χ4n) is 1.51. The van der Waals surface area contributed by atoms with Gasteiger partial charge in [0, 0.05) is 11.4 Å². The Morgan fingerprint density at radius 3 is 2.65 bits per heavy atom. The van der Waals surface area contributed by atoms with E-state index in [4.69, 9.17) is 5.73 Å². The van der Waals surface area contributed by atoms with Crippen LogP contribution in [0.5, 0.6) is 0 Å². The molecule has 0 aliphatic carbocycles. The average molecular weight is 296 g/mol. The van der Waals surface area contributed by atoms with Gasteiger partial charge < -0.3 is 15.8 Å². The highest BCUT2D eigenvalue weighted by molar-refractivity contribution is 8.00. The van der Waals surface area contributed by atoms with E-state index in [9.17, 15) is 9.59 Å². The Hall–Kier alpha value is -1.53. The number of anilines is 1. The number of esters is 1. The maximum absolute atomic E-state index is 11.7. The van der Waals surface area contributed by atoms with E-state index < -0.39 is 12.0 Å². The zero-order valence-corrected chi connectivity index (χ0v) is 12.8. The molecule has 20 heavy (non-hydrogen) atoms. The molecule has 1 unspecified atom stereocenters. The van der Waals surface area contributed by atoms with E-state index in [0.717, 1.165) is 11.3 Å². The SMILES string of the molecule is COC(=O)C(N)CSCC(=O)Nc1ccc(C)c(C)c1. The molecular formula is C14H20N2O3S. The summed E-state index contributed by atoms with van der Waals surface area (Å²) in [6.45, 7) is 4.01. The first-order valence-electron chi connectivity index (χ1n) is 6.22. The number of hydrogen-bond acceptors (Lipinski definition) is 5. The van der Waals surface area contributed by atoms with E-state index in [1.54, 1.807) is 0 Å². The van der Waals surface area contributed by atoms with Crippen LogP contribution in [0, 0.1) is 13.8 Å². The number of amides is 1. The highest BCUT2D eigenvalue weighted by atomic mass is 32.2. The second-order valence-electron chi connectivity index (χ2n) is 4.49. The Bertz CT molecular complexity index is 491. The minimum Gasteiger partial charge on any atom is -0.468 e. The van der Waals surface area contributed by atoms with Gasteiger partial charge in [-0.15, -0.1) is 11.8 Å². The van der Waals surface area contributed by atoms with Gasteiger partial charge >= 0.3 is 5.97 Å². The van der Waals surface area contributed by atoms with Gasteiger partial charge in [-0.05, 0) is 37.1 Å². The molecule has 0 saturated heterocycles. The summed E-state index contributed by atoms with van der Waals surface area (Å²) in [4.78, 5) is 22.8. The third-order valence-electron chi connectivity index (χ3n) is 2.83. The van der Waals surface area contributed by atoms with Crippen LogP contribution in [-0.2, 0) is 14.3 Å². The summed E-state index contributed by atoms with van der Waals surface area (Å²) in [6.07, 6.45) is 0. The molecule has 0 spiro atoms. The number of nitrogens with one attached hydrogen (secondary N) is 1. The van der Waals surface area contributed by atoms with Crippen LogP contribution in [0.4, 0.5) is 5.69 Å². The summed E-state index contributed by atoms with van der Waals surface area (Å²) in [5.41, 5.74) is 8.66. The molecule has 3 N–H and O–H groups in total. The van der Waals surface area contributed by atoms with Crippen molar-refractivity contribution in [1.82, 2.24) is 0 Å². The fraction of sp³-hybridized carbons (Fsp3) is 0.429. The molecule has 1 aromatic rings. The average Bonchev–Trinajstić information content (AvgIpc) is 2.41. The summed E-state index contributed by atoms with van der Waals surface area (Å²) in [7, 11) is 1.29. The van der Waals surface area contributed by atoms with Gasteiger partial charge in [-0.2, -0.15) is 0 Å². The van der Waals surface area contributed by atoms with Crippen LogP contribution >= 0.6 is 11.8 Å². The third kappa shape index (κ3) is 5.22. The number of carbonyl (C=O) groups is 2. The predicted octanol–water partition coefficient (Wildman–Crippen LogP) is 1.48. The summed E-state index contributed by atoms with van der Waals surface area (Å²) < 4.78 is 4.51. The van der Waals surface area contributed by atoms with Crippen LogP contribution < -0.4 is 11.1 Å². The number of rotatable bonds is 6. The molecule has 0 aromatic heterocycles. The van der Waals surface area contributed by atoms with Gasteiger partial charge in [-0.3, -0.25) is 9.59 Å². The molecule has 0 saturated carbocycles. The molecule has 1 atom stereocenters. The van der Waals surface area contributed by atoms with Crippen molar-refractivity contribution in [3.63, 3.8) is 0 Å². The van der Waals surface area contributed by atoms with Crippen LogP contribution in [0.2, 0.25) is 0 Å². The van der Waals surface area contributed by atoms with Gasteiger partial charge in [0.1, 0.15) is 6.04 Å². The highest BCUT2D eigenvalue weighted by Gasteiger charge is 2.14. The summed E-state index contributed by atoms with van der Waals surface area (Å²) in [5.74, 6) is 0.0207. The van der Waals surface area contributed by atoms with E-state index in [0.29, 0.717) is 5.75 Å². The number of benzene rings is 1. The summed E-state index contributed by atoms with van der Waals surface area (Å²) >= 11 is 1.30. The standard InChI is InChI=1S/C14H20N2O3S/c1-9-4-5-11(6-10(9)2)16-13(17)8-20-7-12(15)14(18)19-3/h4-6,12H,7-8,15H2,1-3H3,(H,16,17). The van der Waals surface area contributed by atoms with Crippen LogP contribution in [0.1, 0.15) is 11.1 Å². The van der Waals surface area contributed by atoms with Gasteiger partial charge in [-0.25, -0.2) is 0 Å². The molecule has 0 radical (unpaired) electrons. The van der Waals surface area contributed by atoms with Gasteiger partial charge in [0.05, 0.1) is 12.9 Å². The fourth-order valence-corrected chi connectivity index (χ4v) is 2.28. The van der Waals surface area contributed by atoms with E-state index in [1.165, 1.54) is 24.4 Å². The van der Waals surface area contributed by atoms with Crippen LogP contribution in [-0.4, -0.2) is 36.5 Å². The predicted molar refractivity (Wildman–Crippen MR) is 81.9 cm³/mol. The van der Waals surface area contributed by atoms with Gasteiger partial charge in [-0.1, -0.05) is 6.07 Å². The number of ether oxygens (including phenoxy) is 1. The Labute approximate surface area is 123 Å². The number of methoxy groups -OCH3 is 1. The third-order valence-corrected chi connectivity index (χ3v) is 3.89. The smallest absolute Gasteiger partial charge is 0.323 e. The van der Waals surface area contributed by atoms with Crippen molar-refractivity contribution in [2.75, 3.05) is 23.9 Å². The largest absolute Gasteiger partial charge is 0.468 e. The van der Waals surface area contributed by atoms with E-state index in [-0.39, 0.29) is 11.7 Å². The van der Waals surface area contributed by atoms with Crippen molar-refractivity contribution < 1.29 is 14.3 Å². The molecule has 1 rings (SSSR count). The van der Waals surface area contributed by atoms with Crippen molar-refractivity contribution in [3.8, 4) is 0 Å². The lowest BCUT2D eigenvalue weighted by molar-refractivity contribution is -0.141. The lowest BCUT2D eigenvalue weighted by atomic mass is 10.1. The first-order chi connectivity index (χ1) is 9.43. The maximum atomic E-state index is 11.7. The minimum absolute atomic E-state index is 0.115. The quantitative estimate of drug-likeness (QED) is 0.777. The molecule has 0 heterocycles. The van der Waals surface area contributed by atoms with Crippen molar-refractivity contribution in [1.29, 1.82) is 0 Å². The Morgan fingerprint density at radius 2 is 2.05 bits per heavy atom. The van der Waals surface area contributed by atoms with Crippen molar-refractivity contribution in [3.05, 3.63) is 29.3 Å². The van der Waals surface area contributed by atoms with Crippen LogP contribution in [0.25, 0.3) is 0 Å². The first kappa shape index (κ1) is 16.5. The molecule has 1 aromatic carbocycles. The lowest BCUT2D eigenvalue weighted by Gasteiger charge is -2.09. The minimum atomic E-state index is -0.695. The first-order valence-corrected chi connectivity index (χ1v) is 7.37. The molecule has 110 valence electrons. The Balaban J connectivity index is 2.37. The molecule has 1 amide bonds. The van der Waals surface area contributed by atoms with E-state index in [1.807, 2.05) is 32.0 Å². The molecule has 0 aliphatic heterocycles. The number of carbonyl (C=O) groups excluding carboxylic acids is 2. The molecule has 0 fully saturated rings. The normalized spacial score (nSPS) is 11.8. The van der Waals surface area contributed by atoms with Crippen LogP contribution in [0.3, 0.4) is 0 Å². The van der Waals surface area contributed by atoms with E-state index in [2.05, 4.69) is 10.1 Å².